The zero-order chi connectivity index (χ0) is 18.2. The SMILES string of the molecule is CC(O)C(C)(C)C.Cc1cc2nc3c(c(N)n2n1)CN(C(=O)O)C3. The maximum absolute atomic E-state index is 10.9. The summed E-state index contributed by atoms with van der Waals surface area (Å²) in [4.78, 5) is 16.6. The monoisotopic (exact) mass is 335 g/mol. The van der Waals surface area contributed by atoms with Gasteiger partial charge in [-0.3, -0.25) is 4.90 Å². The Morgan fingerprint density at radius 1 is 1.38 bits per heavy atom. The van der Waals surface area contributed by atoms with Crippen LogP contribution in [0.1, 0.15) is 44.6 Å². The number of rotatable bonds is 0. The van der Waals surface area contributed by atoms with Crippen LogP contribution >= 0.6 is 0 Å². The molecule has 3 rings (SSSR count). The molecule has 0 aromatic carbocycles. The van der Waals surface area contributed by atoms with Gasteiger partial charge in [0, 0.05) is 11.6 Å². The van der Waals surface area contributed by atoms with Gasteiger partial charge in [-0.1, -0.05) is 20.8 Å². The Bertz CT molecular complexity index is 761. The first-order chi connectivity index (χ1) is 11.0. The van der Waals surface area contributed by atoms with Crippen LogP contribution in [0, 0.1) is 12.3 Å². The van der Waals surface area contributed by atoms with Gasteiger partial charge in [0.25, 0.3) is 0 Å². The predicted octanol–water partition coefficient (Wildman–Crippen LogP) is 2.03. The molecule has 4 N–H and O–H groups in total. The Morgan fingerprint density at radius 3 is 2.46 bits per heavy atom. The van der Waals surface area contributed by atoms with Gasteiger partial charge in [0.05, 0.1) is 30.6 Å². The molecule has 0 aliphatic carbocycles. The summed E-state index contributed by atoms with van der Waals surface area (Å²) in [6.07, 6.45) is -1.16. The van der Waals surface area contributed by atoms with Gasteiger partial charge in [0.2, 0.25) is 0 Å². The minimum atomic E-state index is -0.962. The van der Waals surface area contributed by atoms with E-state index in [-0.39, 0.29) is 24.6 Å². The number of aliphatic hydroxyl groups is 1. The number of anilines is 1. The fourth-order valence-electron chi connectivity index (χ4n) is 2.09. The van der Waals surface area contributed by atoms with Crippen molar-refractivity contribution in [3.63, 3.8) is 0 Å². The van der Waals surface area contributed by atoms with Crippen molar-refractivity contribution in [1.82, 2.24) is 19.5 Å². The van der Waals surface area contributed by atoms with Gasteiger partial charge < -0.3 is 15.9 Å². The quantitative estimate of drug-likeness (QED) is 0.678. The highest BCUT2D eigenvalue weighted by atomic mass is 16.4. The van der Waals surface area contributed by atoms with Crippen LogP contribution in [0.25, 0.3) is 5.65 Å². The molecule has 0 fully saturated rings. The van der Waals surface area contributed by atoms with Gasteiger partial charge in [0.1, 0.15) is 5.82 Å². The van der Waals surface area contributed by atoms with Gasteiger partial charge in [0.15, 0.2) is 5.65 Å². The molecule has 24 heavy (non-hydrogen) atoms. The number of aromatic nitrogens is 3. The van der Waals surface area contributed by atoms with E-state index in [9.17, 15) is 4.79 Å². The summed E-state index contributed by atoms with van der Waals surface area (Å²) < 4.78 is 1.56. The zero-order valence-corrected chi connectivity index (χ0v) is 14.7. The average Bonchev–Trinajstić information content (AvgIpc) is 3.02. The predicted molar refractivity (Wildman–Crippen MR) is 90.5 cm³/mol. The molecule has 0 spiro atoms. The summed E-state index contributed by atoms with van der Waals surface area (Å²) >= 11 is 0. The summed E-state index contributed by atoms with van der Waals surface area (Å²) in [6, 6.07) is 1.82. The number of hydrogen-bond acceptors (Lipinski definition) is 5. The normalized spacial score (nSPS) is 15.0. The van der Waals surface area contributed by atoms with Crippen molar-refractivity contribution in [2.24, 2.45) is 5.41 Å². The molecule has 2 aromatic rings. The van der Waals surface area contributed by atoms with Crippen molar-refractivity contribution in [2.75, 3.05) is 5.73 Å². The Hall–Kier alpha value is -2.35. The number of nitrogens with two attached hydrogens (primary N) is 1. The molecule has 132 valence electrons. The minimum Gasteiger partial charge on any atom is -0.465 e. The Labute approximate surface area is 140 Å². The number of carboxylic acid groups (broad SMARTS) is 1. The van der Waals surface area contributed by atoms with E-state index in [2.05, 4.69) is 10.1 Å². The molecule has 1 aliphatic heterocycles. The van der Waals surface area contributed by atoms with E-state index in [1.54, 1.807) is 11.4 Å². The van der Waals surface area contributed by atoms with Crippen molar-refractivity contribution < 1.29 is 15.0 Å². The van der Waals surface area contributed by atoms with Gasteiger partial charge >= 0.3 is 6.09 Å². The van der Waals surface area contributed by atoms with Gasteiger partial charge in [-0.2, -0.15) is 9.61 Å². The first kappa shape index (κ1) is 18.0. The lowest BCUT2D eigenvalue weighted by molar-refractivity contribution is 0.0801. The summed E-state index contributed by atoms with van der Waals surface area (Å²) in [5.74, 6) is 0.474. The van der Waals surface area contributed by atoms with Crippen LogP contribution < -0.4 is 5.73 Å². The minimum absolute atomic E-state index is 0.0556. The Kier molecular flexibility index (Phi) is 4.70. The third kappa shape index (κ3) is 3.59. The van der Waals surface area contributed by atoms with Crippen molar-refractivity contribution in [3.8, 4) is 0 Å². The van der Waals surface area contributed by atoms with Crippen molar-refractivity contribution in [2.45, 2.75) is 53.8 Å². The van der Waals surface area contributed by atoms with E-state index >= 15 is 0 Å². The molecule has 8 nitrogen and oxygen atoms in total. The van der Waals surface area contributed by atoms with Gasteiger partial charge in [-0.25, -0.2) is 9.78 Å². The first-order valence-electron chi connectivity index (χ1n) is 7.80. The van der Waals surface area contributed by atoms with Crippen LogP contribution in [-0.2, 0) is 13.1 Å². The standard InChI is InChI=1S/C10H11N5O2.C6H14O/c1-5-2-8-12-7-4-14(10(16)17)3-6(7)9(11)15(8)13-5;1-5(7)6(2,3)4/h2H,3-4,11H2,1H3,(H,16,17);5,7H,1-4H3. The number of aliphatic hydroxyl groups excluding tert-OH is 1. The molecule has 1 atom stereocenters. The number of hydrogen-bond donors (Lipinski definition) is 3. The van der Waals surface area contributed by atoms with E-state index in [0.717, 1.165) is 17.0 Å². The Balaban J connectivity index is 0.000000256. The molecule has 0 bridgehead atoms. The number of nitrogen functional groups attached to an aromatic ring is 1. The van der Waals surface area contributed by atoms with E-state index in [1.165, 1.54) is 4.90 Å². The summed E-state index contributed by atoms with van der Waals surface area (Å²) in [7, 11) is 0. The largest absolute Gasteiger partial charge is 0.465 e. The molecule has 8 heteroatoms. The van der Waals surface area contributed by atoms with E-state index in [1.807, 2.05) is 33.8 Å². The van der Waals surface area contributed by atoms with Crippen molar-refractivity contribution in [3.05, 3.63) is 23.0 Å². The zero-order valence-electron chi connectivity index (χ0n) is 14.7. The molecule has 0 saturated heterocycles. The molecular weight excluding hydrogens is 310 g/mol. The summed E-state index contributed by atoms with van der Waals surface area (Å²) in [6.45, 7) is 10.3. The van der Waals surface area contributed by atoms with Crippen LogP contribution in [0.3, 0.4) is 0 Å². The van der Waals surface area contributed by atoms with Gasteiger partial charge in [-0.15, -0.1) is 0 Å². The number of carbonyl (C=O) groups is 1. The highest BCUT2D eigenvalue weighted by Crippen LogP contribution is 2.27. The third-order valence-corrected chi connectivity index (χ3v) is 4.16. The van der Waals surface area contributed by atoms with Crippen molar-refractivity contribution >= 4 is 17.6 Å². The highest BCUT2D eigenvalue weighted by molar-refractivity contribution is 5.67. The van der Waals surface area contributed by atoms with E-state index in [4.69, 9.17) is 15.9 Å². The summed E-state index contributed by atoms with van der Waals surface area (Å²) in [5.41, 5.74) is 9.01. The molecule has 1 unspecified atom stereocenters. The lowest BCUT2D eigenvalue weighted by atomic mass is 9.91. The first-order valence-corrected chi connectivity index (χ1v) is 7.80. The maximum atomic E-state index is 10.9. The molecule has 2 aromatic heterocycles. The lowest BCUT2D eigenvalue weighted by Crippen LogP contribution is -2.22. The van der Waals surface area contributed by atoms with Crippen molar-refractivity contribution in [1.29, 1.82) is 0 Å². The second-order valence-electron chi connectivity index (χ2n) is 7.16. The van der Waals surface area contributed by atoms with Crippen LogP contribution in [0.5, 0.6) is 0 Å². The highest BCUT2D eigenvalue weighted by Gasteiger charge is 2.27. The maximum Gasteiger partial charge on any atom is 0.407 e. The number of nitrogens with zero attached hydrogens (tertiary/aromatic N) is 4. The number of fused-ring (bicyclic) bond motifs is 2. The molecule has 3 heterocycles. The Morgan fingerprint density at radius 2 is 1.96 bits per heavy atom. The second-order valence-corrected chi connectivity index (χ2v) is 7.16. The smallest absolute Gasteiger partial charge is 0.407 e. The number of amides is 1. The fourth-order valence-corrected chi connectivity index (χ4v) is 2.09. The lowest BCUT2D eigenvalue weighted by Gasteiger charge is -2.21. The topological polar surface area (TPSA) is 117 Å². The third-order valence-electron chi connectivity index (χ3n) is 4.16. The average molecular weight is 335 g/mol. The van der Waals surface area contributed by atoms with E-state index < -0.39 is 6.09 Å². The molecule has 1 aliphatic rings. The van der Waals surface area contributed by atoms with Crippen LogP contribution in [0.15, 0.2) is 6.07 Å². The van der Waals surface area contributed by atoms with Gasteiger partial charge in [-0.05, 0) is 19.3 Å². The summed E-state index contributed by atoms with van der Waals surface area (Å²) in [5, 5.41) is 22.1. The molecule has 1 amide bonds. The molecule has 0 saturated carbocycles. The molecular formula is C16H25N5O3. The number of aryl methyl sites for hydroxylation is 1. The second kappa shape index (κ2) is 6.27. The fraction of sp³-hybridized carbons (Fsp3) is 0.562. The van der Waals surface area contributed by atoms with Crippen LogP contribution in [0.2, 0.25) is 0 Å². The van der Waals surface area contributed by atoms with Crippen LogP contribution in [0.4, 0.5) is 10.6 Å². The van der Waals surface area contributed by atoms with Crippen LogP contribution in [-0.4, -0.2) is 41.9 Å². The van der Waals surface area contributed by atoms with E-state index in [0.29, 0.717) is 11.5 Å². The molecule has 0 radical (unpaired) electrons.